The lowest BCUT2D eigenvalue weighted by atomic mass is 10.0. The summed E-state index contributed by atoms with van der Waals surface area (Å²) in [5.74, 6) is 0.283. The lowest BCUT2D eigenvalue weighted by Gasteiger charge is -2.35. The average Bonchev–Trinajstić information content (AvgIpc) is 2.84. The number of halogens is 2. The molecular weight excluding hydrogens is 360 g/mol. The van der Waals surface area contributed by atoms with Crippen LogP contribution in [0.3, 0.4) is 0 Å². The summed E-state index contributed by atoms with van der Waals surface area (Å²) >= 11 is 5.21. The molecule has 0 bridgehead atoms. The largest absolute Gasteiger partial charge is 0.338 e. The quantitative estimate of drug-likeness (QED) is 0.847. The van der Waals surface area contributed by atoms with Crippen molar-refractivity contribution in [2.75, 3.05) is 13.1 Å². The Labute approximate surface area is 139 Å². The highest BCUT2D eigenvalue weighted by molar-refractivity contribution is 9.11. The maximum atomic E-state index is 12.2. The summed E-state index contributed by atoms with van der Waals surface area (Å²) in [7, 11) is 0. The van der Waals surface area contributed by atoms with Crippen molar-refractivity contribution in [3.63, 3.8) is 0 Å². The minimum atomic E-state index is 0. The Morgan fingerprint density at radius 1 is 1.45 bits per heavy atom. The average molecular weight is 382 g/mol. The minimum absolute atomic E-state index is 0. The van der Waals surface area contributed by atoms with Crippen molar-refractivity contribution < 1.29 is 4.79 Å². The fourth-order valence-electron chi connectivity index (χ4n) is 2.62. The molecule has 0 spiro atoms. The highest BCUT2D eigenvalue weighted by Gasteiger charge is 2.24. The predicted octanol–water partition coefficient (Wildman–Crippen LogP) is 3.59. The third-order valence-corrected chi connectivity index (χ3v) is 5.35. The van der Waals surface area contributed by atoms with Crippen molar-refractivity contribution in [3.8, 4) is 0 Å². The summed E-state index contributed by atoms with van der Waals surface area (Å²) in [4.78, 5) is 15.6. The molecule has 6 heteroatoms. The fourth-order valence-corrected chi connectivity index (χ4v) is 4.14. The van der Waals surface area contributed by atoms with Gasteiger partial charge in [0.2, 0.25) is 5.91 Å². The molecule has 1 atom stereocenters. The summed E-state index contributed by atoms with van der Waals surface area (Å²) < 4.78 is 1.16. The molecule has 1 aromatic rings. The molecule has 2 N–H and O–H groups in total. The van der Waals surface area contributed by atoms with Crippen molar-refractivity contribution in [1.82, 2.24) is 4.90 Å². The van der Waals surface area contributed by atoms with Gasteiger partial charge in [-0.15, -0.1) is 23.7 Å². The van der Waals surface area contributed by atoms with Crippen LogP contribution in [0.4, 0.5) is 0 Å². The van der Waals surface area contributed by atoms with E-state index in [0.29, 0.717) is 13.0 Å². The number of hydrogen-bond donors (Lipinski definition) is 1. The monoisotopic (exact) mass is 380 g/mol. The molecule has 1 aromatic heterocycles. The van der Waals surface area contributed by atoms with Crippen LogP contribution in [0.15, 0.2) is 15.9 Å². The molecule has 1 saturated heterocycles. The van der Waals surface area contributed by atoms with Gasteiger partial charge in [-0.05, 0) is 60.2 Å². The van der Waals surface area contributed by atoms with E-state index < -0.39 is 0 Å². The summed E-state index contributed by atoms with van der Waals surface area (Å²) in [6, 6.07) is 4.47. The standard InChI is InChI=1S/C14H21BrN2OS.ClH/c15-13-8-7-12(19-13)5-3-6-14(18)17-9-2-1-4-11(17)10-16;/h7-8,11H,1-6,9-10,16H2;1H. The number of likely N-dealkylation sites (tertiary alicyclic amines) is 1. The third-order valence-electron chi connectivity index (χ3n) is 3.66. The van der Waals surface area contributed by atoms with Crippen molar-refractivity contribution in [2.24, 2.45) is 5.73 Å². The smallest absolute Gasteiger partial charge is 0.222 e. The Morgan fingerprint density at radius 2 is 2.25 bits per heavy atom. The van der Waals surface area contributed by atoms with Gasteiger partial charge in [0.1, 0.15) is 0 Å². The number of piperidine rings is 1. The predicted molar refractivity (Wildman–Crippen MR) is 90.6 cm³/mol. The first kappa shape index (κ1) is 18.0. The summed E-state index contributed by atoms with van der Waals surface area (Å²) in [5, 5.41) is 0. The number of carbonyl (C=O) groups is 1. The molecule has 3 nitrogen and oxygen atoms in total. The van der Waals surface area contributed by atoms with Crippen LogP contribution in [0.5, 0.6) is 0 Å². The number of rotatable bonds is 5. The Morgan fingerprint density at radius 3 is 2.90 bits per heavy atom. The van der Waals surface area contributed by atoms with E-state index in [0.717, 1.165) is 36.0 Å². The van der Waals surface area contributed by atoms with Gasteiger partial charge < -0.3 is 10.6 Å². The highest BCUT2D eigenvalue weighted by atomic mass is 79.9. The molecule has 2 heterocycles. The topological polar surface area (TPSA) is 46.3 Å². The molecule has 0 aromatic carbocycles. The van der Waals surface area contributed by atoms with Crippen molar-refractivity contribution in [1.29, 1.82) is 0 Å². The zero-order valence-electron chi connectivity index (χ0n) is 11.5. The second-order valence-electron chi connectivity index (χ2n) is 5.03. The van der Waals surface area contributed by atoms with E-state index in [9.17, 15) is 4.79 Å². The van der Waals surface area contributed by atoms with Crippen LogP contribution >= 0.6 is 39.7 Å². The molecule has 0 saturated carbocycles. The molecule has 1 aliphatic rings. The van der Waals surface area contributed by atoms with Gasteiger partial charge in [-0.3, -0.25) is 4.79 Å². The highest BCUT2D eigenvalue weighted by Crippen LogP contribution is 2.24. The number of carbonyl (C=O) groups excluding carboxylic acids is 1. The minimum Gasteiger partial charge on any atom is -0.338 e. The molecule has 114 valence electrons. The van der Waals surface area contributed by atoms with Gasteiger partial charge >= 0.3 is 0 Å². The molecular formula is C14H22BrClN2OS. The molecule has 1 amide bonds. The Hall–Kier alpha value is -0.100. The Bertz CT molecular complexity index is 427. The second-order valence-corrected chi connectivity index (χ2v) is 7.58. The van der Waals surface area contributed by atoms with Crippen LogP contribution in [0.1, 0.15) is 37.0 Å². The van der Waals surface area contributed by atoms with Crippen molar-refractivity contribution in [2.45, 2.75) is 44.6 Å². The van der Waals surface area contributed by atoms with Crippen LogP contribution in [-0.4, -0.2) is 29.9 Å². The lowest BCUT2D eigenvalue weighted by molar-refractivity contribution is -0.134. The van der Waals surface area contributed by atoms with Crippen LogP contribution in [0.2, 0.25) is 0 Å². The molecule has 1 aliphatic heterocycles. The Kier molecular flexibility index (Phi) is 8.10. The summed E-state index contributed by atoms with van der Waals surface area (Å²) in [6.45, 7) is 1.49. The van der Waals surface area contributed by atoms with Gasteiger partial charge in [0.25, 0.3) is 0 Å². The maximum absolute atomic E-state index is 12.2. The normalized spacial score (nSPS) is 18.7. The number of amides is 1. The first-order valence-corrected chi connectivity index (χ1v) is 8.55. The van der Waals surface area contributed by atoms with E-state index in [1.54, 1.807) is 11.3 Å². The molecule has 1 unspecified atom stereocenters. The van der Waals surface area contributed by atoms with Crippen LogP contribution < -0.4 is 5.73 Å². The number of nitrogens with two attached hydrogens (primary N) is 1. The third kappa shape index (κ3) is 5.02. The van der Waals surface area contributed by atoms with Gasteiger partial charge in [-0.1, -0.05) is 0 Å². The van der Waals surface area contributed by atoms with Gasteiger partial charge in [0.15, 0.2) is 0 Å². The van der Waals surface area contributed by atoms with E-state index >= 15 is 0 Å². The van der Waals surface area contributed by atoms with E-state index in [2.05, 4.69) is 28.1 Å². The SMILES string of the molecule is Cl.NCC1CCCCN1C(=O)CCCc1ccc(Br)s1. The number of thiophene rings is 1. The van der Waals surface area contributed by atoms with E-state index in [4.69, 9.17) is 5.73 Å². The van der Waals surface area contributed by atoms with E-state index in [-0.39, 0.29) is 24.4 Å². The Balaban J connectivity index is 0.00000200. The molecule has 2 rings (SSSR count). The maximum Gasteiger partial charge on any atom is 0.222 e. The van der Waals surface area contributed by atoms with Crippen LogP contribution in [0.25, 0.3) is 0 Å². The number of aryl methyl sites for hydroxylation is 1. The second kappa shape index (κ2) is 9.03. The zero-order chi connectivity index (χ0) is 13.7. The van der Waals surface area contributed by atoms with E-state index in [1.165, 1.54) is 11.3 Å². The lowest BCUT2D eigenvalue weighted by Crippen LogP contribution is -2.47. The first-order chi connectivity index (χ1) is 9.20. The molecule has 0 aliphatic carbocycles. The molecule has 1 fully saturated rings. The molecule has 20 heavy (non-hydrogen) atoms. The number of hydrogen-bond acceptors (Lipinski definition) is 3. The van der Waals surface area contributed by atoms with Crippen LogP contribution in [0, 0.1) is 0 Å². The van der Waals surface area contributed by atoms with E-state index in [1.807, 2.05) is 4.90 Å². The van der Waals surface area contributed by atoms with Crippen molar-refractivity contribution in [3.05, 3.63) is 20.8 Å². The number of nitrogens with zero attached hydrogens (tertiary/aromatic N) is 1. The van der Waals surface area contributed by atoms with Gasteiger partial charge in [-0.2, -0.15) is 0 Å². The molecule has 0 radical (unpaired) electrons. The zero-order valence-corrected chi connectivity index (χ0v) is 14.7. The van der Waals surface area contributed by atoms with Gasteiger partial charge in [-0.25, -0.2) is 0 Å². The van der Waals surface area contributed by atoms with Crippen LogP contribution in [-0.2, 0) is 11.2 Å². The first-order valence-electron chi connectivity index (χ1n) is 6.94. The summed E-state index contributed by atoms with van der Waals surface area (Å²) in [6.07, 6.45) is 5.96. The van der Waals surface area contributed by atoms with Gasteiger partial charge in [0, 0.05) is 30.4 Å². The summed E-state index contributed by atoms with van der Waals surface area (Å²) in [5.41, 5.74) is 5.76. The van der Waals surface area contributed by atoms with Gasteiger partial charge in [0.05, 0.1) is 3.79 Å². The fraction of sp³-hybridized carbons (Fsp3) is 0.643. The van der Waals surface area contributed by atoms with Crippen molar-refractivity contribution >= 4 is 45.6 Å².